The second-order valence-corrected chi connectivity index (χ2v) is 5.34. The molecule has 0 bridgehead atoms. The van der Waals surface area contributed by atoms with Gasteiger partial charge in [-0.05, 0) is 43.9 Å². The summed E-state index contributed by atoms with van der Waals surface area (Å²) in [6.45, 7) is 4.60. The minimum absolute atomic E-state index is 0.284. The molecule has 1 saturated heterocycles. The minimum atomic E-state index is -0.915. The average molecular weight is 274 g/mol. The molecular weight excluding hydrogens is 256 g/mol. The molecule has 20 heavy (non-hydrogen) atoms. The summed E-state index contributed by atoms with van der Waals surface area (Å²) < 4.78 is 7.56. The fourth-order valence-corrected chi connectivity index (χ4v) is 2.79. The predicted molar refractivity (Wildman–Crippen MR) is 75.0 cm³/mol. The summed E-state index contributed by atoms with van der Waals surface area (Å²) in [5.74, 6) is 0.647. The Morgan fingerprint density at radius 2 is 2.40 bits per heavy atom. The van der Waals surface area contributed by atoms with Gasteiger partial charge in [-0.15, -0.1) is 0 Å². The zero-order valence-corrected chi connectivity index (χ0v) is 11.5. The van der Waals surface area contributed by atoms with Gasteiger partial charge in [-0.2, -0.15) is 0 Å². The number of benzene rings is 1. The number of aromatic carboxylic acids is 1. The number of imidazole rings is 1. The third kappa shape index (κ3) is 2.41. The van der Waals surface area contributed by atoms with E-state index in [1.54, 1.807) is 12.1 Å². The molecule has 3 rings (SSSR count). The van der Waals surface area contributed by atoms with Gasteiger partial charge in [-0.1, -0.05) is 0 Å². The first kappa shape index (κ1) is 13.1. The summed E-state index contributed by atoms with van der Waals surface area (Å²) in [6.07, 6.45) is 2.21. The third-order valence-electron chi connectivity index (χ3n) is 3.97. The molecule has 1 aliphatic heterocycles. The molecule has 5 heteroatoms. The van der Waals surface area contributed by atoms with Crippen LogP contribution >= 0.6 is 0 Å². The van der Waals surface area contributed by atoms with Gasteiger partial charge in [-0.3, -0.25) is 0 Å². The molecule has 2 aromatic rings. The molecule has 1 unspecified atom stereocenters. The smallest absolute Gasteiger partial charge is 0.335 e. The predicted octanol–water partition coefficient (Wildman–Crippen LogP) is 2.47. The number of rotatable bonds is 4. The minimum Gasteiger partial charge on any atom is -0.478 e. The van der Waals surface area contributed by atoms with Crippen molar-refractivity contribution < 1.29 is 14.6 Å². The van der Waals surface area contributed by atoms with Gasteiger partial charge in [0.05, 0.1) is 16.6 Å². The molecule has 0 radical (unpaired) electrons. The van der Waals surface area contributed by atoms with Gasteiger partial charge < -0.3 is 14.4 Å². The lowest BCUT2D eigenvalue weighted by Gasteiger charge is -2.10. The highest BCUT2D eigenvalue weighted by Gasteiger charge is 2.17. The second-order valence-electron chi connectivity index (χ2n) is 5.34. The van der Waals surface area contributed by atoms with E-state index in [1.807, 2.05) is 13.0 Å². The van der Waals surface area contributed by atoms with Gasteiger partial charge >= 0.3 is 5.97 Å². The van der Waals surface area contributed by atoms with E-state index in [9.17, 15) is 4.79 Å². The van der Waals surface area contributed by atoms with Crippen molar-refractivity contribution >= 4 is 17.0 Å². The Morgan fingerprint density at radius 3 is 3.10 bits per heavy atom. The lowest BCUT2D eigenvalue weighted by atomic mass is 10.1. The Morgan fingerprint density at radius 1 is 1.55 bits per heavy atom. The fourth-order valence-electron chi connectivity index (χ4n) is 2.79. The number of carboxylic acid groups (broad SMARTS) is 1. The van der Waals surface area contributed by atoms with E-state index in [2.05, 4.69) is 9.55 Å². The van der Waals surface area contributed by atoms with Crippen LogP contribution in [0.4, 0.5) is 0 Å². The quantitative estimate of drug-likeness (QED) is 0.930. The molecule has 1 aromatic heterocycles. The van der Waals surface area contributed by atoms with Crippen LogP contribution in [0.1, 0.15) is 29.0 Å². The normalized spacial score (nSPS) is 18.8. The summed E-state index contributed by atoms with van der Waals surface area (Å²) in [5, 5.41) is 9.02. The van der Waals surface area contributed by atoms with E-state index >= 15 is 0 Å². The zero-order valence-electron chi connectivity index (χ0n) is 11.5. The molecule has 1 atom stereocenters. The maximum atomic E-state index is 11.0. The van der Waals surface area contributed by atoms with Gasteiger partial charge in [0, 0.05) is 19.8 Å². The Labute approximate surface area is 117 Å². The molecule has 0 saturated carbocycles. The first-order valence-electron chi connectivity index (χ1n) is 6.93. The Bertz CT molecular complexity index is 642. The number of hydrogen-bond donors (Lipinski definition) is 1. The first-order valence-corrected chi connectivity index (χ1v) is 6.93. The van der Waals surface area contributed by atoms with E-state index in [-0.39, 0.29) is 5.56 Å². The maximum absolute atomic E-state index is 11.0. The number of aryl methyl sites for hydroxylation is 2. The van der Waals surface area contributed by atoms with Crippen LogP contribution in [0.3, 0.4) is 0 Å². The number of hydrogen-bond acceptors (Lipinski definition) is 3. The highest BCUT2D eigenvalue weighted by atomic mass is 16.5. The Balaban J connectivity index is 1.86. The van der Waals surface area contributed by atoms with E-state index < -0.39 is 5.97 Å². The second kappa shape index (κ2) is 5.25. The van der Waals surface area contributed by atoms with Gasteiger partial charge in [0.25, 0.3) is 0 Å². The molecule has 1 aromatic carbocycles. The average Bonchev–Trinajstić information content (AvgIpc) is 3.02. The monoisotopic (exact) mass is 274 g/mol. The summed E-state index contributed by atoms with van der Waals surface area (Å²) in [5.41, 5.74) is 2.04. The fraction of sp³-hybridized carbons (Fsp3) is 0.467. The number of carbonyl (C=O) groups is 1. The number of ether oxygens (including phenoxy) is 1. The topological polar surface area (TPSA) is 64.3 Å². The van der Waals surface area contributed by atoms with Crippen LogP contribution in [0.5, 0.6) is 0 Å². The van der Waals surface area contributed by atoms with Gasteiger partial charge in [-0.25, -0.2) is 9.78 Å². The van der Waals surface area contributed by atoms with E-state index in [0.717, 1.165) is 49.5 Å². The third-order valence-corrected chi connectivity index (χ3v) is 3.97. The number of nitrogens with zero attached hydrogens (tertiary/aromatic N) is 2. The number of aromatic nitrogens is 2. The zero-order chi connectivity index (χ0) is 14.1. The first-order chi connectivity index (χ1) is 9.65. The molecule has 1 fully saturated rings. The van der Waals surface area contributed by atoms with Crippen molar-refractivity contribution in [1.29, 1.82) is 0 Å². The van der Waals surface area contributed by atoms with E-state index in [1.165, 1.54) is 0 Å². The van der Waals surface area contributed by atoms with Crippen LogP contribution < -0.4 is 0 Å². The molecule has 2 heterocycles. The van der Waals surface area contributed by atoms with Crippen LogP contribution in [-0.4, -0.2) is 33.8 Å². The molecule has 0 amide bonds. The number of fused-ring (bicyclic) bond motifs is 1. The van der Waals surface area contributed by atoms with Crippen molar-refractivity contribution in [2.24, 2.45) is 5.92 Å². The van der Waals surface area contributed by atoms with Crippen LogP contribution in [0, 0.1) is 12.8 Å². The van der Waals surface area contributed by atoms with Crippen molar-refractivity contribution in [3.05, 3.63) is 29.6 Å². The SMILES string of the molecule is Cc1nc2cc(C(=O)O)ccc2n1CCC1CCOC1. The van der Waals surface area contributed by atoms with Gasteiger partial charge in [0.1, 0.15) is 5.82 Å². The highest BCUT2D eigenvalue weighted by Crippen LogP contribution is 2.22. The molecule has 1 aliphatic rings. The highest BCUT2D eigenvalue weighted by molar-refractivity contribution is 5.92. The van der Waals surface area contributed by atoms with Crippen LogP contribution in [0.25, 0.3) is 11.0 Å². The largest absolute Gasteiger partial charge is 0.478 e. The van der Waals surface area contributed by atoms with Crippen LogP contribution in [0.15, 0.2) is 18.2 Å². The van der Waals surface area contributed by atoms with E-state index in [0.29, 0.717) is 5.92 Å². The summed E-state index contributed by atoms with van der Waals surface area (Å²) in [6, 6.07) is 5.13. The van der Waals surface area contributed by atoms with Crippen molar-refractivity contribution in [1.82, 2.24) is 9.55 Å². The van der Waals surface area contributed by atoms with E-state index in [4.69, 9.17) is 9.84 Å². The summed E-state index contributed by atoms with van der Waals surface area (Å²) in [7, 11) is 0. The Hall–Kier alpha value is -1.88. The molecule has 5 nitrogen and oxygen atoms in total. The molecule has 106 valence electrons. The number of carboxylic acids is 1. The summed E-state index contributed by atoms with van der Waals surface area (Å²) >= 11 is 0. The van der Waals surface area contributed by atoms with Crippen molar-refractivity contribution in [2.45, 2.75) is 26.3 Å². The molecule has 0 spiro atoms. The molecule has 0 aliphatic carbocycles. The van der Waals surface area contributed by atoms with Crippen molar-refractivity contribution in [2.75, 3.05) is 13.2 Å². The van der Waals surface area contributed by atoms with Crippen LogP contribution in [-0.2, 0) is 11.3 Å². The van der Waals surface area contributed by atoms with Gasteiger partial charge in [0.15, 0.2) is 0 Å². The lowest BCUT2D eigenvalue weighted by molar-refractivity contribution is 0.0697. The van der Waals surface area contributed by atoms with Crippen molar-refractivity contribution in [3.63, 3.8) is 0 Å². The van der Waals surface area contributed by atoms with Crippen LogP contribution in [0.2, 0.25) is 0 Å². The maximum Gasteiger partial charge on any atom is 0.335 e. The Kier molecular flexibility index (Phi) is 3.44. The van der Waals surface area contributed by atoms with Crippen molar-refractivity contribution in [3.8, 4) is 0 Å². The standard InChI is InChI=1S/C15H18N2O3/c1-10-16-13-8-12(15(18)19)2-3-14(13)17(10)6-4-11-5-7-20-9-11/h2-3,8,11H,4-7,9H2,1H3,(H,18,19). The van der Waals surface area contributed by atoms with Gasteiger partial charge in [0.2, 0.25) is 0 Å². The molecule has 1 N–H and O–H groups in total. The lowest BCUT2D eigenvalue weighted by Crippen LogP contribution is -2.07. The molecular formula is C15H18N2O3. The summed E-state index contributed by atoms with van der Waals surface area (Å²) in [4.78, 5) is 15.5.